The number of benzene rings is 1. The molecule has 0 saturated heterocycles. The van der Waals surface area contributed by atoms with E-state index < -0.39 is 0 Å². The summed E-state index contributed by atoms with van der Waals surface area (Å²) in [6, 6.07) is 5.45. The number of nitrogens with one attached hydrogen (secondary N) is 1. The minimum atomic E-state index is -0.132. The Morgan fingerprint density at radius 2 is 1.94 bits per heavy atom. The first-order chi connectivity index (χ1) is 8.41. The first kappa shape index (κ1) is 15.1. The van der Waals surface area contributed by atoms with Crippen molar-refractivity contribution in [2.45, 2.75) is 26.8 Å². The van der Waals surface area contributed by atoms with Gasteiger partial charge in [0.2, 0.25) is 5.91 Å². The fraction of sp³-hybridized carbons (Fsp3) is 0.357. The van der Waals surface area contributed by atoms with Gasteiger partial charge in [-0.25, -0.2) is 0 Å². The highest BCUT2D eigenvalue weighted by Gasteiger charge is 2.08. The molecule has 4 heteroatoms. The van der Waals surface area contributed by atoms with E-state index in [1.807, 2.05) is 13.0 Å². The molecule has 98 valence electrons. The fourth-order valence-electron chi connectivity index (χ4n) is 1.25. The molecule has 1 atom stereocenters. The number of hydrogen-bond donors (Lipinski definition) is 1. The zero-order valence-corrected chi connectivity index (χ0v) is 12.2. The van der Waals surface area contributed by atoms with Crippen LogP contribution in [0.5, 0.6) is 0 Å². The molecule has 1 rings (SSSR count). The molecule has 1 amide bonds. The molecule has 0 bridgehead atoms. The molecule has 0 radical (unpaired) electrons. The van der Waals surface area contributed by atoms with E-state index in [-0.39, 0.29) is 11.9 Å². The molecule has 0 aliphatic heterocycles. The molecule has 0 aliphatic rings. The normalized spacial score (nSPS) is 13.0. The van der Waals surface area contributed by atoms with E-state index in [9.17, 15) is 4.79 Å². The summed E-state index contributed by atoms with van der Waals surface area (Å²) in [6.07, 6.45) is 3.13. The number of hydrogen-bond acceptors (Lipinski definition) is 1. The number of halogens is 2. The topological polar surface area (TPSA) is 29.1 Å². The van der Waals surface area contributed by atoms with Crippen LogP contribution in [0.25, 0.3) is 6.08 Å². The predicted octanol–water partition coefficient (Wildman–Crippen LogP) is 4.17. The van der Waals surface area contributed by atoms with Crippen molar-refractivity contribution in [3.8, 4) is 0 Å². The lowest BCUT2D eigenvalue weighted by Crippen LogP contribution is -2.34. The van der Waals surface area contributed by atoms with Crippen molar-refractivity contribution in [3.05, 3.63) is 39.9 Å². The maximum Gasteiger partial charge on any atom is 0.244 e. The van der Waals surface area contributed by atoms with Crippen LogP contribution in [-0.2, 0) is 4.79 Å². The summed E-state index contributed by atoms with van der Waals surface area (Å²) < 4.78 is 0. The van der Waals surface area contributed by atoms with Gasteiger partial charge in [-0.05, 0) is 30.5 Å². The van der Waals surface area contributed by atoms with Gasteiger partial charge >= 0.3 is 0 Å². The van der Waals surface area contributed by atoms with Crippen LogP contribution in [0.15, 0.2) is 24.3 Å². The van der Waals surface area contributed by atoms with Crippen LogP contribution >= 0.6 is 23.2 Å². The Hall–Kier alpha value is -0.990. The van der Waals surface area contributed by atoms with Crippen molar-refractivity contribution >= 4 is 35.2 Å². The first-order valence-electron chi connectivity index (χ1n) is 5.84. The van der Waals surface area contributed by atoms with E-state index in [1.54, 1.807) is 18.2 Å². The Balaban J connectivity index is 2.69. The average molecular weight is 286 g/mol. The second-order valence-electron chi connectivity index (χ2n) is 4.52. The fourth-order valence-corrected chi connectivity index (χ4v) is 1.62. The molecule has 1 aromatic rings. The highest BCUT2D eigenvalue weighted by molar-refractivity contribution is 6.42. The third-order valence-corrected chi connectivity index (χ3v) is 3.60. The van der Waals surface area contributed by atoms with Crippen molar-refractivity contribution in [1.82, 2.24) is 5.32 Å². The third kappa shape index (κ3) is 4.35. The summed E-state index contributed by atoms with van der Waals surface area (Å²) in [5, 5.41) is 3.82. The van der Waals surface area contributed by atoms with Crippen LogP contribution in [0, 0.1) is 5.92 Å². The standard InChI is InChI=1S/C14H17Cl2NO/c1-9(2)10(3)17-13(18)8-7-11-5-4-6-12(15)14(11)16/h4-10H,1-3H3,(H,17,18). The van der Waals surface area contributed by atoms with Gasteiger partial charge in [-0.1, -0.05) is 49.2 Å². The van der Waals surface area contributed by atoms with Crippen molar-refractivity contribution in [3.63, 3.8) is 0 Å². The molecule has 0 fully saturated rings. The van der Waals surface area contributed by atoms with Gasteiger partial charge < -0.3 is 5.32 Å². The molecular formula is C14H17Cl2NO. The van der Waals surface area contributed by atoms with E-state index in [0.29, 0.717) is 16.0 Å². The lowest BCUT2D eigenvalue weighted by Gasteiger charge is -2.15. The summed E-state index contributed by atoms with van der Waals surface area (Å²) in [5.41, 5.74) is 0.733. The van der Waals surface area contributed by atoms with Crippen molar-refractivity contribution in [1.29, 1.82) is 0 Å². The van der Waals surface area contributed by atoms with Crippen LogP contribution in [0.4, 0.5) is 0 Å². The highest BCUT2D eigenvalue weighted by atomic mass is 35.5. The molecule has 0 heterocycles. The third-order valence-electron chi connectivity index (χ3n) is 2.77. The monoisotopic (exact) mass is 285 g/mol. The lowest BCUT2D eigenvalue weighted by atomic mass is 10.1. The molecule has 0 spiro atoms. The second kappa shape index (κ2) is 6.81. The Morgan fingerprint density at radius 3 is 2.56 bits per heavy atom. The Kier molecular flexibility index (Phi) is 5.70. The van der Waals surface area contributed by atoms with Crippen molar-refractivity contribution in [2.24, 2.45) is 5.92 Å². The minimum Gasteiger partial charge on any atom is -0.350 e. The van der Waals surface area contributed by atoms with Crippen LogP contribution in [-0.4, -0.2) is 11.9 Å². The Bertz CT molecular complexity index is 455. The molecule has 2 nitrogen and oxygen atoms in total. The molecule has 1 aromatic carbocycles. The maximum absolute atomic E-state index is 11.7. The number of carbonyl (C=O) groups excluding carboxylic acids is 1. The molecule has 1 unspecified atom stereocenters. The van der Waals surface area contributed by atoms with Gasteiger partial charge in [-0.2, -0.15) is 0 Å². The van der Waals surface area contributed by atoms with Crippen molar-refractivity contribution < 1.29 is 4.79 Å². The van der Waals surface area contributed by atoms with Gasteiger partial charge in [-0.15, -0.1) is 0 Å². The van der Waals surface area contributed by atoms with Crippen molar-refractivity contribution in [2.75, 3.05) is 0 Å². The van der Waals surface area contributed by atoms with Gasteiger partial charge in [0.1, 0.15) is 0 Å². The summed E-state index contributed by atoms with van der Waals surface area (Å²) in [7, 11) is 0. The average Bonchev–Trinajstić information content (AvgIpc) is 2.31. The minimum absolute atomic E-state index is 0.132. The lowest BCUT2D eigenvalue weighted by molar-refractivity contribution is -0.117. The molecule has 0 saturated carbocycles. The molecule has 0 aliphatic carbocycles. The summed E-state index contributed by atoms with van der Waals surface area (Å²) in [5.74, 6) is 0.268. The van der Waals surface area contributed by atoms with E-state index in [0.717, 1.165) is 5.56 Å². The van der Waals surface area contributed by atoms with E-state index in [4.69, 9.17) is 23.2 Å². The molecule has 18 heavy (non-hydrogen) atoms. The number of amides is 1. The van der Waals surface area contributed by atoms with Gasteiger partial charge in [0, 0.05) is 12.1 Å². The Labute approximate surface area is 118 Å². The van der Waals surface area contributed by atoms with Crippen LogP contribution in [0.2, 0.25) is 10.0 Å². The van der Waals surface area contributed by atoms with E-state index >= 15 is 0 Å². The quantitative estimate of drug-likeness (QED) is 0.827. The summed E-state index contributed by atoms with van der Waals surface area (Å²) in [6.45, 7) is 6.09. The van der Waals surface area contributed by atoms with Gasteiger partial charge in [0.15, 0.2) is 0 Å². The molecule has 1 N–H and O–H groups in total. The Morgan fingerprint density at radius 1 is 1.28 bits per heavy atom. The van der Waals surface area contributed by atoms with Crippen LogP contribution in [0.3, 0.4) is 0 Å². The maximum atomic E-state index is 11.7. The van der Waals surface area contributed by atoms with E-state index in [2.05, 4.69) is 19.2 Å². The van der Waals surface area contributed by atoms with Gasteiger partial charge in [-0.3, -0.25) is 4.79 Å². The SMILES string of the molecule is CC(C)C(C)NC(=O)C=Cc1cccc(Cl)c1Cl. The van der Waals surface area contributed by atoms with Gasteiger partial charge in [0.05, 0.1) is 10.0 Å². The van der Waals surface area contributed by atoms with E-state index in [1.165, 1.54) is 6.08 Å². The summed E-state index contributed by atoms with van der Waals surface area (Å²) >= 11 is 11.9. The first-order valence-corrected chi connectivity index (χ1v) is 6.60. The number of rotatable bonds is 4. The highest BCUT2D eigenvalue weighted by Crippen LogP contribution is 2.26. The number of carbonyl (C=O) groups is 1. The second-order valence-corrected chi connectivity index (χ2v) is 5.30. The molecule has 0 aromatic heterocycles. The zero-order valence-electron chi connectivity index (χ0n) is 10.7. The van der Waals surface area contributed by atoms with Crippen LogP contribution in [0.1, 0.15) is 26.3 Å². The summed E-state index contributed by atoms with van der Waals surface area (Å²) in [4.78, 5) is 11.7. The van der Waals surface area contributed by atoms with Gasteiger partial charge in [0.25, 0.3) is 0 Å². The molecular weight excluding hydrogens is 269 g/mol. The predicted molar refractivity (Wildman–Crippen MR) is 77.9 cm³/mol. The van der Waals surface area contributed by atoms with Crippen LogP contribution < -0.4 is 5.32 Å². The zero-order chi connectivity index (χ0) is 13.7. The smallest absolute Gasteiger partial charge is 0.244 e. The largest absolute Gasteiger partial charge is 0.350 e.